The molecule has 1 unspecified atom stereocenters. The number of nitrogens with zero attached hydrogens (tertiary/aromatic N) is 1. The molecule has 0 bridgehead atoms. The van der Waals surface area contributed by atoms with Crippen LogP contribution in [0.25, 0.3) is 0 Å². The van der Waals surface area contributed by atoms with Crippen molar-refractivity contribution >= 4 is 11.6 Å². The maximum atomic E-state index is 12.1. The summed E-state index contributed by atoms with van der Waals surface area (Å²) in [6.07, 6.45) is 0. The summed E-state index contributed by atoms with van der Waals surface area (Å²) >= 11 is 0. The van der Waals surface area contributed by atoms with Gasteiger partial charge in [0.1, 0.15) is 0 Å². The number of nitrogens with two attached hydrogens (primary N) is 1. The number of para-hydroxylation sites is 1. The first-order chi connectivity index (χ1) is 9.20. The molecule has 5 nitrogen and oxygen atoms in total. The molecule has 1 aliphatic heterocycles. The summed E-state index contributed by atoms with van der Waals surface area (Å²) in [5, 5.41) is 2.93. The van der Waals surface area contributed by atoms with Crippen LogP contribution in [-0.2, 0) is 16.1 Å². The molecule has 1 atom stereocenters. The van der Waals surface area contributed by atoms with Crippen LogP contribution in [-0.4, -0.2) is 43.2 Å². The van der Waals surface area contributed by atoms with Crippen LogP contribution in [0.5, 0.6) is 0 Å². The number of morpholine rings is 1. The number of rotatable bonds is 4. The van der Waals surface area contributed by atoms with Crippen molar-refractivity contribution in [1.29, 1.82) is 0 Å². The lowest BCUT2D eigenvalue weighted by atomic mass is 10.2. The van der Waals surface area contributed by atoms with Gasteiger partial charge in [0.2, 0.25) is 5.91 Å². The summed E-state index contributed by atoms with van der Waals surface area (Å²) < 4.78 is 5.36. The predicted molar refractivity (Wildman–Crippen MR) is 74.8 cm³/mol. The fourth-order valence-electron chi connectivity index (χ4n) is 2.19. The van der Waals surface area contributed by atoms with E-state index < -0.39 is 0 Å². The van der Waals surface area contributed by atoms with E-state index in [1.165, 1.54) is 0 Å². The van der Waals surface area contributed by atoms with E-state index in [0.717, 1.165) is 17.8 Å². The topological polar surface area (TPSA) is 67.6 Å². The molecule has 1 fully saturated rings. The molecule has 0 aromatic heterocycles. The van der Waals surface area contributed by atoms with Gasteiger partial charge in [-0.25, -0.2) is 0 Å². The Hall–Kier alpha value is -1.43. The summed E-state index contributed by atoms with van der Waals surface area (Å²) in [6, 6.07) is 7.90. The molecule has 2 rings (SSSR count). The average Bonchev–Trinajstić information content (AvgIpc) is 2.42. The Bertz CT molecular complexity index is 436. The average molecular weight is 263 g/mol. The summed E-state index contributed by atoms with van der Waals surface area (Å²) in [7, 11) is 0. The van der Waals surface area contributed by atoms with Crippen molar-refractivity contribution in [1.82, 2.24) is 4.90 Å². The van der Waals surface area contributed by atoms with E-state index >= 15 is 0 Å². The number of amides is 1. The molecule has 1 heterocycles. The van der Waals surface area contributed by atoms with Crippen LogP contribution in [0.2, 0.25) is 0 Å². The molecule has 104 valence electrons. The highest BCUT2D eigenvalue weighted by Gasteiger charge is 2.21. The van der Waals surface area contributed by atoms with E-state index in [2.05, 4.69) is 17.1 Å². The monoisotopic (exact) mass is 263 g/mol. The lowest BCUT2D eigenvalue weighted by Crippen LogP contribution is -2.47. The van der Waals surface area contributed by atoms with Gasteiger partial charge in [0.25, 0.3) is 0 Å². The van der Waals surface area contributed by atoms with Gasteiger partial charge >= 0.3 is 0 Å². The van der Waals surface area contributed by atoms with Gasteiger partial charge in [-0.05, 0) is 18.6 Å². The molecule has 19 heavy (non-hydrogen) atoms. The summed E-state index contributed by atoms with van der Waals surface area (Å²) in [5.74, 6) is -0.00495. The minimum atomic E-state index is -0.00495. The quantitative estimate of drug-likeness (QED) is 0.843. The van der Waals surface area contributed by atoms with Crippen LogP contribution in [0.4, 0.5) is 5.69 Å². The Morgan fingerprint density at radius 3 is 3.05 bits per heavy atom. The van der Waals surface area contributed by atoms with Gasteiger partial charge in [0.05, 0.1) is 19.8 Å². The molecule has 1 saturated heterocycles. The van der Waals surface area contributed by atoms with Gasteiger partial charge in [0.15, 0.2) is 0 Å². The fraction of sp³-hybridized carbons (Fsp3) is 0.500. The number of carbonyl (C=O) groups excluding carboxylic acids is 1. The number of carbonyl (C=O) groups is 1. The maximum absolute atomic E-state index is 12.1. The third kappa shape index (κ3) is 3.76. The molecule has 0 saturated carbocycles. The largest absolute Gasteiger partial charge is 0.379 e. The van der Waals surface area contributed by atoms with Crippen molar-refractivity contribution in [2.45, 2.75) is 19.5 Å². The van der Waals surface area contributed by atoms with Crippen molar-refractivity contribution < 1.29 is 9.53 Å². The van der Waals surface area contributed by atoms with E-state index in [0.29, 0.717) is 26.3 Å². The second kappa shape index (κ2) is 6.65. The zero-order chi connectivity index (χ0) is 13.7. The van der Waals surface area contributed by atoms with E-state index in [1.54, 1.807) is 0 Å². The number of ether oxygens (including phenoxy) is 1. The molecule has 5 heteroatoms. The van der Waals surface area contributed by atoms with E-state index in [4.69, 9.17) is 10.5 Å². The SMILES string of the molecule is CC1COCCN1CC(=O)Nc1ccccc1CN. The second-order valence-electron chi connectivity index (χ2n) is 4.80. The normalized spacial score (nSPS) is 20.2. The molecule has 1 aromatic carbocycles. The van der Waals surface area contributed by atoms with Gasteiger partial charge in [-0.15, -0.1) is 0 Å². The lowest BCUT2D eigenvalue weighted by Gasteiger charge is -2.32. The van der Waals surface area contributed by atoms with Gasteiger partial charge in [-0.1, -0.05) is 18.2 Å². The van der Waals surface area contributed by atoms with Gasteiger partial charge < -0.3 is 15.8 Å². The summed E-state index contributed by atoms with van der Waals surface area (Å²) in [5.41, 5.74) is 7.41. The third-order valence-electron chi connectivity index (χ3n) is 3.36. The molecule has 1 amide bonds. The second-order valence-corrected chi connectivity index (χ2v) is 4.80. The first-order valence-electron chi connectivity index (χ1n) is 6.60. The number of hydrogen-bond acceptors (Lipinski definition) is 4. The van der Waals surface area contributed by atoms with E-state index in [-0.39, 0.29) is 11.9 Å². The number of benzene rings is 1. The number of anilines is 1. The minimum absolute atomic E-state index is 0.00495. The van der Waals surface area contributed by atoms with Crippen LogP contribution in [0.1, 0.15) is 12.5 Å². The smallest absolute Gasteiger partial charge is 0.238 e. The molecule has 1 aromatic rings. The highest BCUT2D eigenvalue weighted by atomic mass is 16.5. The lowest BCUT2D eigenvalue weighted by molar-refractivity contribution is -0.119. The predicted octanol–water partition coefficient (Wildman–Crippen LogP) is 0.804. The molecule has 0 radical (unpaired) electrons. The first kappa shape index (κ1) is 14.0. The van der Waals surface area contributed by atoms with Crippen LogP contribution in [0, 0.1) is 0 Å². The van der Waals surface area contributed by atoms with E-state index in [1.807, 2.05) is 24.3 Å². The zero-order valence-electron chi connectivity index (χ0n) is 11.3. The molecule has 0 aliphatic carbocycles. The Balaban J connectivity index is 1.93. The van der Waals surface area contributed by atoms with Crippen molar-refractivity contribution in [3.05, 3.63) is 29.8 Å². The molecular formula is C14H21N3O2. The molecule has 3 N–H and O–H groups in total. The standard InChI is InChI=1S/C14H21N3O2/c1-11-10-19-7-6-17(11)9-14(18)16-13-5-3-2-4-12(13)8-15/h2-5,11H,6-10,15H2,1H3,(H,16,18). The Kier molecular flexibility index (Phi) is 4.90. The highest BCUT2D eigenvalue weighted by molar-refractivity contribution is 5.93. The van der Waals surface area contributed by atoms with Crippen molar-refractivity contribution in [2.24, 2.45) is 5.73 Å². The summed E-state index contributed by atoms with van der Waals surface area (Å²) in [4.78, 5) is 14.2. The fourth-order valence-corrected chi connectivity index (χ4v) is 2.19. The van der Waals surface area contributed by atoms with Crippen LogP contribution >= 0.6 is 0 Å². The van der Waals surface area contributed by atoms with Crippen molar-refractivity contribution in [3.63, 3.8) is 0 Å². The highest BCUT2D eigenvalue weighted by Crippen LogP contribution is 2.14. The Morgan fingerprint density at radius 1 is 1.53 bits per heavy atom. The van der Waals surface area contributed by atoms with E-state index in [9.17, 15) is 4.79 Å². The third-order valence-corrected chi connectivity index (χ3v) is 3.36. The number of hydrogen-bond donors (Lipinski definition) is 2. The van der Waals surface area contributed by atoms with Crippen LogP contribution in [0.3, 0.4) is 0 Å². The van der Waals surface area contributed by atoms with Gasteiger partial charge in [-0.3, -0.25) is 9.69 Å². The van der Waals surface area contributed by atoms with Crippen LogP contribution < -0.4 is 11.1 Å². The minimum Gasteiger partial charge on any atom is -0.379 e. The Labute approximate surface area is 113 Å². The number of nitrogens with one attached hydrogen (secondary N) is 1. The van der Waals surface area contributed by atoms with Crippen molar-refractivity contribution in [2.75, 3.05) is 31.6 Å². The summed E-state index contributed by atoms with van der Waals surface area (Å²) in [6.45, 7) is 5.06. The first-order valence-corrected chi connectivity index (χ1v) is 6.60. The maximum Gasteiger partial charge on any atom is 0.238 e. The molecule has 0 spiro atoms. The van der Waals surface area contributed by atoms with Gasteiger partial charge in [-0.2, -0.15) is 0 Å². The molecule has 1 aliphatic rings. The Morgan fingerprint density at radius 2 is 2.32 bits per heavy atom. The zero-order valence-corrected chi connectivity index (χ0v) is 11.3. The molecular weight excluding hydrogens is 242 g/mol. The van der Waals surface area contributed by atoms with Crippen molar-refractivity contribution in [3.8, 4) is 0 Å². The van der Waals surface area contributed by atoms with Crippen LogP contribution in [0.15, 0.2) is 24.3 Å². The van der Waals surface area contributed by atoms with Gasteiger partial charge in [0, 0.05) is 24.8 Å².